The lowest BCUT2D eigenvalue weighted by molar-refractivity contribution is -0.211. The van der Waals surface area contributed by atoms with Crippen molar-refractivity contribution in [3.8, 4) is 17.2 Å². The van der Waals surface area contributed by atoms with Gasteiger partial charge in [-0.2, -0.15) is 0 Å². The smallest absolute Gasteiger partial charge is 0.352 e. The van der Waals surface area contributed by atoms with E-state index in [0.29, 0.717) is 18.0 Å². The van der Waals surface area contributed by atoms with E-state index in [1.165, 1.54) is 13.0 Å². The summed E-state index contributed by atoms with van der Waals surface area (Å²) < 4.78 is 5.43. The summed E-state index contributed by atoms with van der Waals surface area (Å²) in [4.78, 5) is 20.3. The van der Waals surface area contributed by atoms with Gasteiger partial charge in [-0.3, -0.25) is 9.78 Å². The molecule has 0 fully saturated rings. The molecule has 152 valence electrons. The van der Waals surface area contributed by atoms with Crippen molar-refractivity contribution in [2.75, 3.05) is 13.2 Å². The van der Waals surface area contributed by atoms with E-state index < -0.39 is 12.1 Å². The van der Waals surface area contributed by atoms with Crippen molar-refractivity contribution in [3.63, 3.8) is 0 Å². The molecule has 0 heterocycles. The molecule has 0 aliphatic carbocycles. The van der Waals surface area contributed by atoms with Crippen molar-refractivity contribution in [1.29, 1.82) is 0 Å². The number of benzene rings is 2. The molecule has 7 nitrogen and oxygen atoms in total. The second kappa shape index (κ2) is 10.5. The van der Waals surface area contributed by atoms with Crippen LogP contribution in [0.3, 0.4) is 0 Å². The van der Waals surface area contributed by atoms with E-state index in [1.807, 2.05) is 26.0 Å². The van der Waals surface area contributed by atoms with Crippen LogP contribution in [-0.4, -0.2) is 41.5 Å². The van der Waals surface area contributed by atoms with E-state index in [9.17, 15) is 15.0 Å². The molecule has 0 aliphatic rings. The van der Waals surface area contributed by atoms with Crippen LogP contribution in [0.25, 0.3) is 0 Å². The van der Waals surface area contributed by atoms with Crippen molar-refractivity contribution >= 4 is 5.97 Å². The van der Waals surface area contributed by atoms with E-state index >= 15 is 0 Å². The average Bonchev–Trinajstić information content (AvgIpc) is 2.65. The summed E-state index contributed by atoms with van der Waals surface area (Å²) in [6.45, 7) is 5.62. The first-order chi connectivity index (χ1) is 13.3. The number of carbonyl (C=O) groups is 1. The zero-order valence-electron chi connectivity index (χ0n) is 16.3. The highest BCUT2D eigenvalue weighted by Gasteiger charge is 2.11. The first-order valence-corrected chi connectivity index (χ1v) is 9.12. The lowest BCUT2D eigenvalue weighted by Gasteiger charge is -2.18. The number of aryl methyl sites for hydroxylation is 1. The first-order valence-electron chi connectivity index (χ1n) is 9.12. The molecule has 3 N–H and O–H groups in total. The average molecular weight is 389 g/mol. The maximum absolute atomic E-state index is 10.8. The number of aliphatic hydroxyl groups excluding tert-OH is 1. The third kappa shape index (κ3) is 7.09. The van der Waals surface area contributed by atoms with Gasteiger partial charge in [-0.25, -0.2) is 4.79 Å². The number of hydrogen-bond acceptors (Lipinski definition) is 7. The Kier molecular flexibility index (Phi) is 8.10. The molecule has 7 heteroatoms. The topological polar surface area (TPSA) is 97.3 Å². The number of para-hydroxylation sites is 2. The van der Waals surface area contributed by atoms with Crippen molar-refractivity contribution < 1.29 is 29.5 Å². The fourth-order valence-electron chi connectivity index (χ4n) is 2.62. The lowest BCUT2D eigenvalue weighted by Crippen LogP contribution is -2.37. The number of rotatable bonds is 10. The molecule has 0 saturated carbocycles. The van der Waals surface area contributed by atoms with Gasteiger partial charge in [0.1, 0.15) is 12.7 Å². The van der Waals surface area contributed by atoms with Gasteiger partial charge in [0.15, 0.2) is 17.2 Å². The van der Waals surface area contributed by atoms with E-state index in [-0.39, 0.29) is 18.4 Å². The van der Waals surface area contributed by atoms with E-state index in [1.54, 1.807) is 24.3 Å². The van der Waals surface area contributed by atoms with Gasteiger partial charge < -0.3 is 20.3 Å². The summed E-state index contributed by atoms with van der Waals surface area (Å²) in [6.07, 6.45) is 0.0464. The second-order valence-electron chi connectivity index (χ2n) is 6.70. The largest absolute Gasteiger partial charge is 0.504 e. The second-order valence-corrected chi connectivity index (χ2v) is 6.70. The van der Waals surface area contributed by atoms with Crippen molar-refractivity contribution in [2.24, 2.45) is 0 Å². The molecule has 0 amide bonds. The molecule has 0 saturated heterocycles. The number of nitrogens with one attached hydrogen (secondary N) is 1. The van der Waals surface area contributed by atoms with Crippen LogP contribution in [-0.2, 0) is 16.1 Å². The van der Waals surface area contributed by atoms with Gasteiger partial charge in [0.2, 0.25) is 0 Å². The Labute approximate surface area is 164 Å². The van der Waals surface area contributed by atoms with Crippen LogP contribution in [0.15, 0.2) is 42.5 Å². The molecule has 0 spiro atoms. The Morgan fingerprint density at radius 1 is 1.18 bits per heavy atom. The number of aromatic hydroxyl groups is 1. The van der Waals surface area contributed by atoms with Crippen LogP contribution < -0.4 is 14.9 Å². The molecule has 2 atom stereocenters. The minimum absolute atomic E-state index is 0.0486. The standard InChI is InChI=1S/C21H27NO6/c1-14-10-17(8-9-20(14)28-27-16(3)23)11-15(2)22-12-18(24)13-26-21-7-5-4-6-19(21)25/h4-10,15,18,22,24-25H,11-13H2,1-3H3/t15-,18+/m0/s1. The van der Waals surface area contributed by atoms with Gasteiger partial charge in [0.05, 0.1) is 0 Å². The quantitative estimate of drug-likeness (QED) is 0.424. The highest BCUT2D eigenvalue weighted by atomic mass is 17.2. The van der Waals surface area contributed by atoms with Crippen LogP contribution in [0.5, 0.6) is 17.2 Å². The Bertz CT molecular complexity index is 779. The highest BCUT2D eigenvalue weighted by Crippen LogP contribution is 2.24. The summed E-state index contributed by atoms with van der Waals surface area (Å²) >= 11 is 0. The van der Waals surface area contributed by atoms with E-state index in [2.05, 4.69) is 10.2 Å². The van der Waals surface area contributed by atoms with Gasteiger partial charge >= 0.3 is 5.97 Å². The molecular formula is C21H27NO6. The molecule has 2 aromatic carbocycles. The van der Waals surface area contributed by atoms with Gasteiger partial charge in [-0.15, -0.1) is 0 Å². The summed E-state index contributed by atoms with van der Waals surface area (Å²) in [7, 11) is 0. The fourth-order valence-corrected chi connectivity index (χ4v) is 2.62. The minimum Gasteiger partial charge on any atom is -0.504 e. The SMILES string of the molecule is CC(=O)OOc1ccc(C[C@H](C)NC[C@@H](O)COc2ccccc2O)cc1C. The summed E-state index contributed by atoms with van der Waals surface area (Å²) in [6, 6.07) is 12.4. The molecule has 0 aliphatic heterocycles. The summed E-state index contributed by atoms with van der Waals surface area (Å²) in [5.74, 6) is 0.385. The number of hydrogen-bond donors (Lipinski definition) is 3. The van der Waals surface area contributed by atoms with Gasteiger partial charge in [-0.1, -0.05) is 24.3 Å². The predicted octanol–water partition coefficient (Wildman–Crippen LogP) is 2.52. The van der Waals surface area contributed by atoms with Crippen LogP contribution >= 0.6 is 0 Å². The van der Waals surface area contributed by atoms with Gasteiger partial charge in [0, 0.05) is 19.5 Å². The third-order valence-electron chi connectivity index (χ3n) is 4.03. The fraction of sp³-hybridized carbons (Fsp3) is 0.381. The van der Waals surface area contributed by atoms with Crippen molar-refractivity contribution in [3.05, 3.63) is 53.6 Å². The van der Waals surface area contributed by atoms with E-state index in [4.69, 9.17) is 9.62 Å². The molecule has 0 unspecified atom stereocenters. The zero-order valence-corrected chi connectivity index (χ0v) is 16.3. The highest BCUT2D eigenvalue weighted by molar-refractivity contribution is 5.65. The Hall–Kier alpha value is -2.77. The Morgan fingerprint density at radius 3 is 2.61 bits per heavy atom. The predicted molar refractivity (Wildman–Crippen MR) is 104 cm³/mol. The monoisotopic (exact) mass is 389 g/mol. The third-order valence-corrected chi connectivity index (χ3v) is 4.03. The maximum atomic E-state index is 10.8. The zero-order chi connectivity index (χ0) is 20.5. The maximum Gasteiger partial charge on any atom is 0.352 e. The van der Waals surface area contributed by atoms with Crippen LogP contribution in [0.4, 0.5) is 0 Å². The van der Waals surface area contributed by atoms with Crippen LogP contribution in [0.1, 0.15) is 25.0 Å². The van der Waals surface area contributed by atoms with Gasteiger partial charge in [-0.05, 0) is 49.6 Å². The molecule has 0 aromatic heterocycles. The summed E-state index contributed by atoms with van der Waals surface area (Å²) in [5, 5.41) is 23.0. The number of ether oxygens (including phenoxy) is 1. The lowest BCUT2D eigenvalue weighted by atomic mass is 10.0. The minimum atomic E-state index is -0.705. The number of carbonyl (C=O) groups excluding carboxylic acids is 1. The molecule has 0 radical (unpaired) electrons. The Morgan fingerprint density at radius 2 is 1.93 bits per heavy atom. The van der Waals surface area contributed by atoms with E-state index in [0.717, 1.165) is 17.5 Å². The van der Waals surface area contributed by atoms with Crippen LogP contribution in [0, 0.1) is 6.92 Å². The molecular weight excluding hydrogens is 362 g/mol. The Balaban J connectivity index is 1.75. The number of aliphatic hydroxyl groups is 1. The molecule has 2 aromatic rings. The molecule has 28 heavy (non-hydrogen) atoms. The first kappa shape index (κ1) is 21.5. The van der Waals surface area contributed by atoms with Gasteiger partial charge in [0.25, 0.3) is 0 Å². The molecule has 0 bridgehead atoms. The normalized spacial score (nSPS) is 12.9. The molecule has 2 rings (SSSR count). The van der Waals surface area contributed by atoms with Crippen molar-refractivity contribution in [1.82, 2.24) is 5.32 Å². The number of phenols is 1. The van der Waals surface area contributed by atoms with Crippen LogP contribution in [0.2, 0.25) is 0 Å². The van der Waals surface area contributed by atoms with Crippen molar-refractivity contribution in [2.45, 2.75) is 39.3 Å². The number of phenolic OH excluding ortho intramolecular Hbond substituents is 1. The summed E-state index contributed by atoms with van der Waals surface area (Å²) in [5.41, 5.74) is 1.95.